The fraction of sp³-hybridized carbons (Fsp3) is 0.550. The lowest BCUT2D eigenvalue weighted by molar-refractivity contribution is 0.0189. The fourth-order valence-electron chi connectivity index (χ4n) is 3.68. The number of rotatable bonds is 1. The molecule has 1 aliphatic heterocycles. The Labute approximate surface area is 158 Å². The molecule has 5 heteroatoms. The van der Waals surface area contributed by atoms with Crippen molar-refractivity contribution in [3.8, 4) is 0 Å². The van der Waals surface area contributed by atoms with Crippen molar-refractivity contribution in [1.29, 1.82) is 0 Å². The number of carbonyl (C=O) groups is 1. The van der Waals surface area contributed by atoms with Crippen molar-refractivity contribution in [1.82, 2.24) is 9.47 Å². The van der Waals surface area contributed by atoms with E-state index in [2.05, 4.69) is 52.7 Å². The third-order valence-electron chi connectivity index (χ3n) is 4.89. The molecule has 1 aromatic carbocycles. The number of ether oxygens (including phenoxy) is 1. The van der Waals surface area contributed by atoms with Gasteiger partial charge in [-0.05, 0) is 70.7 Å². The van der Waals surface area contributed by atoms with Crippen LogP contribution in [0.2, 0.25) is 0 Å². The van der Waals surface area contributed by atoms with Crippen molar-refractivity contribution < 1.29 is 9.53 Å². The SMILES string of the molecule is Cc1cn(C2CCN(C(=O)OC(C)(C)C)CC2)c2ccc(Br)c(C)c12. The van der Waals surface area contributed by atoms with E-state index in [1.54, 1.807) is 0 Å². The summed E-state index contributed by atoms with van der Waals surface area (Å²) < 4.78 is 9.05. The molecule has 0 unspecified atom stereocenters. The molecular formula is C20H27BrN2O2. The predicted octanol–water partition coefficient (Wildman–Crippen LogP) is 5.59. The highest BCUT2D eigenvalue weighted by Gasteiger charge is 2.28. The van der Waals surface area contributed by atoms with Gasteiger partial charge in [0, 0.05) is 40.7 Å². The minimum absolute atomic E-state index is 0.195. The molecular weight excluding hydrogens is 380 g/mol. The zero-order valence-electron chi connectivity index (χ0n) is 15.7. The van der Waals surface area contributed by atoms with E-state index in [-0.39, 0.29) is 6.09 Å². The number of amides is 1. The smallest absolute Gasteiger partial charge is 0.410 e. The second kappa shape index (κ2) is 6.67. The standard InChI is InChI=1S/C20H27BrN2O2/c1-13-12-23(17-7-6-16(21)14(2)18(13)17)15-8-10-22(11-9-15)19(24)25-20(3,4)5/h6-7,12,15H,8-11H2,1-5H3. The van der Waals surface area contributed by atoms with Crippen molar-refractivity contribution >= 4 is 32.9 Å². The average Bonchev–Trinajstić information content (AvgIpc) is 2.87. The number of piperidine rings is 1. The molecule has 1 saturated heterocycles. The van der Waals surface area contributed by atoms with Gasteiger partial charge in [0.25, 0.3) is 0 Å². The zero-order valence-corrected chi connectivity index (χ0v) is 17.3. The highest BCUT2D eigenvalue weighted by atomic mass is 79.9. The third kappa shape index (κ3) is 3.71. The van der Waals surface area contributed by atoms with Gasteiger partial charge in [0.05, 0.1) is 0 Å². The van der Waals surface area contributed by atoms with E-state index in [0.29, 0.717) is 6.04 Å². The second-order valence-corrected chi connectivity index (χ2v) is 8.84. The molecule has 0 atom stereocenters. The molecule has 1 aliphatic rings. The number of hydrogen-bond donors (Lipinski definition) is 0. The highest BCUT2D eigenvalue weighted by molar-refractivity contribution is 9.10. The number of carbonyl (C=O) groups excluding carboxylic acids is 1. The summed E-state index contributed by atoms with van der Waals surface area (Å²) in [5.74, 6) is 0. The lowest BCUT2D eigenvalue weighted by Crippen LogP contribution is -2.42. The van der Waals surface area contributed by atoms with E-state index < -0.39 is 5.60 Å². The van der Waals surface area contributed by atoms with Crippen molar-refractivity contribution in [3.63, 3.8) is 0 Å². The van der Waals surface area contributed by atoms with Gasteiger partial charge in [-0.3, -0.25) is 0 Å². The minimum Gasteiger partial charge on any atom is -0.444 e. The number of fused-ring (bicyclic) bond motifs is 1. The van der Waals surface area contributed by atoms with Crippen molar-refractivity contribution in [2.45, 2.75) is 59.1 Å². The highest BCUT2D eigenvalue weighted by Crippen LogP contribution is 2.34. The van der Waals surface area contributed by atoms with Crippen LogP contribution < -0.4 is 0 Å². The van der Waals surface area contributed by atoms with Gasteiger partial charge in [-0.2, -0.15) is 0 Å². The Balaban J connectivity index is 1.77. The number of benzene rings is 1. The van der Waals surface area contributed by atoms with Crippen molar-refractivity contribution in [2.75, 3.05) is 13.1 Å². The molecule has 0 radical (unpaired) electrons. The summed E-state index contributed by atoms with van der Waals surface area (Å²) in [6.07, 6.45) is 3.98. The summed E-state index contributed by atoms with van der Waals surface area (Å²) in [4.78, 5) is 14.1. The lowest BCUT2D eigenvalue weighted by atomic mass is 10.0. The molecule has 0 saturated carbocycles. The van der Waals surface area contributed by atoms with Crippen LogP contribution in [0.25, 0.3) is 10.9 Å². The van der Waals surface area contributed by atoms with Crippen LogP contribution >= 0.6 is 15.9 Å². The van der Waals surface area contributed by atoms with Crippen molar-refractivity contribution in [2.24, 2.45) is 0 Å². The van der Waals surface area contributed by atoms with Crippen LogP contribution in [-0.2, 0) is 4.74 Å². The summed E-state index contributed by atoms with van der Waals surface area (Å²) in [6.45, 7) is 11.6. The number of halogens is 1. The van der Waals surface area contributed by atoms with E-state index >= 15 is 0 Å². The summed E-state index contributed by atoms with van der Waals surface area (Å²) in [5.41, 5.74) is 3.45. The minimum atomic E-state index is -0.438. The molecule has 0 bridgehead atoms. The van der Waals surface area contributed by atoms with E-state index in [1.165, 1.54) is 22.0 Å². The number of nitrogens with zero attached hydrogens (tertiary/aromatic N) is 2. The maximum Gasteiger partial charge on any atom is 0.410 e. The van der Waals surface area contributed by atoms with Gasteiger partial charge in [0.2, 0.25) is 0 Å². The van der Waals surface area contributed by atoms with Gasteiger partial charge in [-0.25, -0.2) is 4.79 Å². The normalized spacial score (nSPS) is 16.5. The van der Waals surface area contributed by atoms with Gasteiger partial charge in [0.15, 0.2) is 0 Å². The number of aryl methyl sites for hydroxylation is 2. The first-order valence-electron chi connectivity index (χ1n) is 8.91. The molecule has 25 heavy (non-hydrogen) atoms. The Hall–Kier alpha value is -1.49. The van der Waals surface area contributed by atoms with Gasteiger partial charge in [-0.15, -0.1) is 0 Å². The summed E-state index contributed by atoms with van der Waals surface area (Å²) in [7, 11) is 0. The number of hydrogen-bond acceptors (Lipinski definition) is 2. The second-order valence-electron chi connectivity index (χ2n) is 7.98. The van der Waals surface area contributed by atoms with E-state index in [9.17, 15) is 4.79 Å². The quantitative estimate of drug-likeness (QED) is 0.617. The Bertz CT molecular complexity index is 796. The molecule has 1 aromatic heterocycles. The first kappa shape index (κ1) is 18.3. The molecule has 2 heterocycles. The molecule has 2 aromatic rings. The lowest BCUT2D eigenvalue weighted by Gasteiger charge is -2.34. The summed E-state index contributed by atoms with van der Waals surface area (Å²) in [5, 5.41) is 1.34. The molecule has 136 valence electrons. The zero-order chi connectivity index (χ0) is 18.4. The Morgan fingerprint density at radius 1 is 1.20 bits per heavy atom. The molecule has 3 rings (SSSR count). The molecule has 0 N–H and O–H groups in total. The first-order chi connectivity index (χ1) is 11.7. The van der Waals surface area contributed by atoms with Crippen LogP contribution in [0, 0.1) is 13.8 Å². The molecule has 0 spiro atoms. The molecule has 4 nitrogen and oxygen atoms in total. The Morgan fingerprint density at radius 3 is 2.44 bits per heavy atom. The fourth-order valence-corrected chi connectivity index (χ4v) is 4.01. The van der Waals surface area contributed by atoms with Crippen LogP contribution in [0.5, 0.6) is 0 Å². The predicted molar refractivity (Wildman–Crippen MR) is 105 cm³/mol. The monoisotopic (exact) mass is 406 g/mol. The van der Waals surface area contributed by atoms with Crippen LogP contribution in [0.15, 0.2) is 22.8 Å². The van der Waals surface area contributed by atoms with Gasteiger partial charge < -0.3 is 14.2 Å². The van der Waals surface area contributed by atoms with E-state index in [0.717, 1.165) is 30.4 Å². The first-order valence-corrected chi connectivity index (χ1v) is 9.71. The Morgan fingerprint density at radius 2 is 1.84 bits per heavy atom. The molecule has 0 aliphatic carbocycles. The van der Waals surface area contributed by atoms with Crippen LogP contribution in [0.4, 0.5) is 4.79 Å². The van der Waals surface area contributed by atoms with Gasteiger partial charge in [-0.1, -0.05) is 15.9 Å². The van der Waals surface area contributed by atoms with Crippen LogP contribution in [0.1, 0.15) is 50.8 Å². The van der Waals surface area contributed by atoms with E-state index in [4.69, 9.17) is 4.74 Å². The van der Waals surface area contributed by atoms with Crippen LogP contribution in [0.3, 0.4) is 0 Å². The largest absolute Gasteiger partial charge is 0.444 e. The summed E-state index contributed by atoms with van der Waals surface area (Å²) in [6, 6.07) is 4.75. The van der Waals surface area contributed by atoms with Crippen LogP contribution in [-0.4, -0.2) is 34.3 Å². The maximum atomic E-state index is 12.2. The summed E-state index contributed by atoms with van der Waals surface area (Å²) >= 11 is 3.64. The number of aromatic nitrogens is 1. The van der Waals surface area contributed by atoms with Crippen molar-refractivity contribution in [3.05, 3.63) is 33.9 Å². The number of likely N-dealkylation sites (tertiary alicyclic amines) is 1. The molecule has 1 amide bonds. The third-order valence-corrected chi connectivity index (χ3v) is 5.75. The van der Waals surface area contributed by atoms with Gasteiger partial charge >= 0.3 is 6.09 Å². The maximum absolute atomic E-state index is 12.2. The van der Waals surface area contributed by atoms with Gasteiger partial charge in [0.1, 0.15) is 5.60 Å². The average molecular weight is 407 g/mol. The topological polar surface area (TPSA) is 34.5 Å². The van der Waals surface area contributed by atoms with E-state index in [1.807, 2.05) is 25.7 Å². The Kier molecular flexibility index (Phi) is 4.89. The molecule has 1 fully saturated rings.